The number of ether oxygens (including phenoxy) is 3. The highest BCUT2D eigenvalue weighted by atomic mass is 16.5. The number of aromatic nitrogens is 2. The Bertz CT molecular complexity index is 1110. The lowest BCUT2D eigenvalue weighted by molar-refractivity contribution is -0.123. The first-order chi connectivity index (χ1) is 16.0. The molecule has 33 heavy (non-hydrogen) atoms. The van der Waals surface area contributed by atoms with Gasteiger partial charge in [-0.15, -0.1) is 0 Å². The number of hydrogen-bond donors (Lipinski definition) is 2. The third-order valence-corrected chi connectivity index (χ3v) is 5.16. The maximum absolute atomic E-state index is 11.9. The molecule has 1 fully saturated rings. The molecule has 0 aliphatic carbocycles. The summed E-state index contributed by atoms with van der Waals surface area (Å²) in [6.07, 6.45) is 0.924. The van der Waals surface area contributed by atoms with E-state index in [4.69, 9.17) is 24.2 Å². The normalized spacial score (nSPS) is 15.6. The fourth-order valence-corrected chi connectivity index (χ4v) is 3.68. The van der Waals surface area contributed by atoms with Gasteiger partial charge in [-0.25, -0.2) is 9.97 Å². The second kappa shape index (κ2) is 10.5. The van der Waals surface area contributed by atoms with E-state index in [0.29, 0.717) is 24.8 Å². The summed E-state index contributed by atoms with van der Waals surface area (Å²) in [5, 5.41) is 7.24. The van der Waals surface area contributed by atoms with E-state index in [1.807, 2.05) is 63.2 Å². The third-order valence-electron chi connectivity index (χ3n) is 5.16. The number of carbonyl (C=O) groups is 1. The molecular weight excluding hydrogens is 420 g/mol. The summed E-state index contributed by atoms with van der Waals surface area (Å²) >= 11 is 0. The number of hydrogen-bond acceptors (Lipinski definition) is 7. The van der Waals surface area contributed by atoms with Crippen LogP contribution >= 0.6 is 0 Å². The van der Waals surface area contributed by atoms with Crippen molar-refractivity contribution in [3.05, 3.63) is 42.5 Å². The highest BCUT2D eigenvalue weighted by Crippen LogP contribution is 2.30. The minimum absolute atomic E-state index is 0.0467. The Balaban J connectivity index is 1.64. The van der Waals surface area contributed by atoms with Crippen LogP contribution in [0.3, 0.4) is 0 Å². The van der Waals surface area contributed by atoms with E-state index >= 15 is 0 Å². The number of rotatable bonds is 9. The van der Waals surface area contributed by atoms with Gasteiger partial charge in [0.05, 0.1) is 24.8 Å². The minimum atomic E-state index is -0.160. The average molecular weight is 451 g/mol. The van der Waals surface area contributed by atoms with Crippen LogP contribution < -0.4 is 20.1 Å². The fourth-order valence-electron chi connectivity index (χ4n) is 3.68. The van der Waals surface area contributed by atoms with Gasteiger partial charge >= 0.3 is 0 Å². The van der Waals surface area contributed by atoms with Crippen molar-refractivity contribution < 1.29 is 19.0 Å². The van der Waals surface area contributed by atoms with Gasteiger partial charge in [0.1, 0.15) is 17.3 Å². The van der Waals surface area contributed by atoms with Crippen LogP contribution in [-0.2, 0) is 9.53 Å². The van der Waals surface area contributed by atoms with Gasteiger partial charge in [-0.3, -0.25) is 4.79 Å². The van der Waals surface area contributed by atoms with Crippen molar-refractivity contribution >= 4 is 22.6 Å². The molecule has 8 heteroatoms. The standard InChI is InChI=1S/C25H30N4O4/c1-4-32-20-8-9-22-21(13-20)25(27-18-10-11-31-14-18)29-24(28-22)17-6-5-7-19(12-17)33-15-23(30)26-16(2)3/h5-9,12-13,16,18H,4,10-11,14-15H2,1-3H3,(H,26,30)(H,27,28,29). The van der Waals surface area contributed by atoms with Crippen molar-refractivity contribution in [2.45, 2.75) is 39.3 Å². The molecule has 3 aromatic rings. The zero-order valence-electron chi connectivity index (χ0n) is 19.3. The minimum Gasteiger partial charge on any atom is -0.494 e. The first-order valence-electron chi connectivity index (χ1n) is 11.3. The number of benzene rings is 2. The zero-order chi connectivity index (χ0) is 23.2. The molecule has 1 saturated heterocycles. The molecule has 2 heterocycles. The topological polar surface area (TPSA) is 94.6 Å². The number of nitrogens with zero attached hydrogens (tertiary/aromatic N) is 2. The summed E-state index contributed by atoms with van der Waals surface area (Å²) in [5.41, 5.74) is 1.62. The van der Waals surface area contributed by atoms with E-state index in [9.17, 15) is 4.79 Å². The number of amides is 1. The molecule has 0 spiro atoms. The van der Waals surface area contributed by atoms with Gasteiger partial charge in [-0.2, -0.15) is 0 Å². The van der Waals surface area contributed by atoms with Gasteiger partial charge in [0, 0.05) is 23.6 Å². The van der Waals surface area contributed by atoms with Gasteiger partial charge in [0.15, 0.2) is 12.4 Å². The van der Waals surface area contributed by atoms with Crippen molar-refractivity contribution in [3.63, 3.8) is 0 Å². The summed E-state index contributed by atoms with van der Waals surface area (Å²) in [5.74, 6) is 2.52. The number of carbonyl (C=O) groups excluding carboxylic acids is 1. The molecule has 1 atom stereocenters. The second-order valence-corrected chi connectivity index (χ2v) is 8.25. The first-order valence-corrected chi connectivity index (χ1v) is 11.3. The van der Waals surface area contributed by atoms with Crippen LogP contribution in [0.5, 0.6) is 11.5 Å². The largest absolute Gasteiger partial charge is 0.494 e. The van der Waals surface area contributed by atoms with Gasteiger partial charge in [-0.1, -0.05) is 12.1 Å². The maximum Gasteiger partial charge on any atom is 0.258 e. The van der Waals surface area contributed by atoms with E-state index in [0.717, 1.165) is 41.1 Å². The highest BCUT2D eigenvalue weighted by molar-refractivity contribution is 5.92. The Morgan fingerprint density at radius 1 is 1.15 bits per heavy atom. The predicted molar refractivity (Wildman–Crippen MR) is 128 cm³/mol. The van der Waals surface area contributed by atoms with E-state index in [2.05, 4.69) is 10.6 Å². The van der Waals surface area contributed by atoms with Gasteiger partial charge in [-0.05, 0) is 57.5 Å². The van der Waals surface area contributed by atoms with E-state index < -0.39 is 0 Å². The molecule has 8 nitrogen and oxygen atoms in total. The molecule has 1 amide bonds. The van der Waals surface area contributed by atoms with Gasteiger partial charge < -0.3 is 24.8 Å². The Labute approximate surface area is 193 Å². The quantitative estimate of drug-likeness (QED) is 0.512. The molecule has 1 aliphatic rings. The predicted octanol–water partition coefficient (Wildman–Crippen LogP) is 3.80. The van der Waals surface area contributed by atoms with Crippen LogP contribution in [0.25, 0.3) is 22.3 Å². The van der Waals surface area contributed by atoms with Crippen LogP contribution in [0, 0.1) is 0 Å². The summed E-state index contributed by atoms with van der Waals surface area (Å²) in [7, 11) is 0. The Morgan fingerprint density at radius 2 is 2.00 bits per heavy atom. The van der Waals surface area contributed by atoms with Gasteiger partial charge in [0.2, 0.25) is 0 Å². The molecule has 1 aliphatic heterocycles. The number of nitrogens with one attached hydrogen (secondary N) is 2. The fraction of sp³-hybridized carbons (Fsp3) is 0.400. The summed E-state index contributed by atoms with van der Waals surface area (Å²) in [4.78, 5) is 21.6. The van der Waals surface area contributed by atoms with Crippen LogP contribution in [0.15, 0.2) is 42.5 Å². The first kappa shape index (κ1) is 22.8. The number of anilines is 1. The Kier molecular flexibility index (Phi) is 7.24. The van der Waals surface area contributed by atoms with Crippen molar-refractivity contribution in [3.8, 4) is 22.9 Å². The van der Waals surface area contributed by atoms with Crippen molar-refractivity contribution in [2.75, 3.05) is 31.7 Å². The van der Waals surface area contributed by atoms with Crippen molar-refractivity contribution in [1.82, 2.24) is 15.3 Å². The lowest BCUT2D eigenvalue weighted by atomic mass is 10.1. The van der Waals surface area contributed by atoms with Crippen LogP contribution in [0.4, 0.5) is 5.82 Å². The maximum atomic E-state index is 11.9. The molecule has 174 valence electrons. The van der Waals surface area contributed by atoms with Gasteiger partial charge in [0.25, 0.3) is 5.91 Å². The summed E-state index contributed by atoms with van der Waals surface area (Å²) in [6, 6.07) is 13.5. The summed E-state index contributed by atoms with van der Waals surface area (Å²) in [6.45, 7) is 7.71. The SMILES string of the molecule is CCOc1ccc2nc(-c3cccc(OCC(=O)NC(C)C)c3)nc(NC3CCOC3)c2c1. The van der Waals surface area contributed by atoms with Crippen molar-refractivity contribution in [2.24, 2.45) is 0 Å². The molecule has 0 radical (unpaired) electrons. The highest BCUT2D eigenvalue weighted by Gasteiger charge is 2.19. The average Bonchev–Trinajstić information content (AvgIpc) is 3.31. The molecule has 1 aromatic heterocycles. The molecule has 0 bridgehead atoms. The van der Waals surface area contributed by atoms with Crippen LogP contribution in [-0.4, -0.2) is 54.4 Å². The van der Waals surface area contributed by atoms with E-state index in [-0.39, 0.29) is 24.6 Å². The Hall–Kier alpha value is -3.39. The molecule has 2 aromatic carbocycles. The van der Waals surface area contributed by atoms with E-state index in [1.54, 1.807) is 0 Å². The smallest absolute Gasteiger partial charge is 0.258 e. The van der Waals surface area contributed by atoms with Crippen molar-refractivity contribution in [1.29, 1.82) is 0 Å². The second-order valence-electron chi connectivity index (χ2n) is 8.25. The van der Waals surface area contributed by atoms with Crippen LogP contribution in [0.1, 0.15) is 27.2 Å². The lowest BCUT2D eigenvalue weighted by Gasteiger charge is -2.16. The monoisotopic (exact) mass is 450 g/mol. The molecule has 4 rings (SSSR count). The molecule has 1 unspecified atom stereocenters. The number of fused-ring (bicyclic) bond motifs is 1. The third kappa shape index (κ3) is 5.90. The van der Waals surface area contributed by atoms with E-state index in [1.165, 1.54) is 0 Å². The molecule has 0 saturated carbocycles. The molecular formula is C25H30N4O4. The molecule has 2 N–H and O–H groups in total. The zero-order valence-corrected chi connectivity index (χ0v) is 19.3. The van der Waals surface area contributed by atoms with Crippen LogP contribution in [0.2, 0.25) is 0 Å². The Morgan fingerprint density at radius 3 is 2.76 bits per heavy atom. The lowest BCUT2D eigenvalue weighted by Crippen LogP contribution is -2.34. The summed E-state index contributed by atoms with van der Waals surface area (Å²) < 4.78 is 16.9.